The third-order valence-corrected chi connectivity index (χ3v) is 6.80. The summed E-state index contributed by atoms with van der Waals surface area (Å²) in [6.45, 7) is 4.18. The number of rotatable bonds is 7. The zero-order chi connectivity index (χ0) is 19.8. The summed E-state index contributed by atoms with van der Waals surface area (Å²) >= 11 is 0. The number of nitrogens with one attached hydrogen (secondary N) is 1. The Morgan fingerprint density at radius 1 is 1.33 bits per heavy atom. The maximum absolute atomic E-state index is 12.8. The van der Waals surface area contributed by atoms with Crippen molar-refractivity contribution in [3.63, 3.8) is 0 Å². The van der Waals surface area contributed by atoms with E-state index < -0.39 is 15.9 Å². The number of phenols is 1. The molecular formula is C18H24N4O4S. The van der Waals surface area contributed by atoms with E-state index >= 15 is 0 Å². The number of nitrogens with zero attached hydrogens (tertiary/aromatic N) is 3. The SMILES string of the molecule is CCN(CC)S(=O)(=O)c1ccc(O)c(NC(=O)c2c(C3CC3)cnn2C)c1. The van der Waals surface area contributed by atoms with Crippen molar-refractivity contribution in [2.75, 3.05) is 18.4 Å². The number of aromatic nitrogens is 2. The smallest absolute Gasteiger partial charge is 0.274 e. The van der Waals surface area contributed by atoms with Crippen molar-refractivity contribution in [3.8, 4) is 5.75 Å². The van der Waals surface area contributed by atoms with Crippen molar-refractivity contribution >= 4 is 21.6 Å². The summed E-state index contributed by atoms with van der Waals surface area (Å²) in [5, 5.41) is 16.9. The monoisotopic (exact) mass is 392 g/mol. The molecule has 1 fully saturated rings. The van der Waals surface area contributed by atoms with Gasteiger partial charge in [0.05, 0.1) is 16.8 Å². The number of carbonyl (C=O) groups is 1. The Labute approximate surface area is 158 Å². The van der Waals surface area contributed by atoms with Crippen LogP contribution in [0.4, 0.5) is 5.69 Å². The van der Waals surface area contributed by atoms with Gasteiger partial charge in [0.1, 0.15) is 11.4 Å². The van der Waals surface area contributed by atoms with Crippen LogP contribution in [0.3, 0.4) is 0 Å². The van der Waals surface area contributed by atoms with Crippen molar-refractivity contribution in [3.05, 3.63) is 35.7 Å². The predicted octanol–water partition coefficient (Wildman–Crippen LogP) is 2.29. The lowest BCUT2D eigenvalue weighted by Gasteiger charge is -2.19. The number of carbonyl (C=O) groups excluding carboxylic acids is 1. The minimum absolute atomic E-state index is 0.0201. The molecule has 2 aromatic rings. The molecule has 3 rings (SSSR count). The van der Waals surface area contributed by atoms with Gasteiger partial charge in [-0.25, -0.2) is 8.42 Å². The first-order valence-corrected chi connectivity index (χ1v) is 10.4. The topological polar surface area (TPSA) is 105 Å². The second kappa shape index (κ2) is 7.32. The van der Waals surface area contributed by atoms with Crippen LogP contribution in [0.25, 0.3) is 0 Å². The normalized spacial score (nSPS) is 14.5. The Morgan fingerprint density at radius 3 is 2.59 bits per heavy atom. The van der Waals surface area contributed by atoms with Gasteiger partial charge in [-0.2, -0.15) is 9.40 Å². The third kappa shape index (κ3) is 3.70. The summed E-state index contributed by atoms with van der Waals surface area (Å²) < 4.78 is 28.2. The molecular weight excluding hydrogens is 368 g/mol. The molecule has 0 saturated heterocycles. The molecule has 1 aromatic carbocycles. The fourth-order valence-electron chi connectivity index (χ4n) is 3.10. The second-order valence-corrected chi connectivity index (χ2v) is 8.51. The van der Waals surface area contributed by atoms with Crippen LogP contribution >= 0.6 is 0 Å². The first-order valence-electron chi connectivity index (χ1n) is 8.96. The maximum Gasteiger partial charge on any atom is 0.274 e. The van der Waals surface area contributed by atoms with Gasteiger partial charge in [0.25, 0.3) is 5.91 Å². The first kappa shape index (κ1) is 19.4. The average Bonchev–Trinajstić information content (AvgIpc) is 3.39. The van der Waals surface area contributed by atoms with Crippen molar-refractivity contribution in [1.82, 2.24) is 14.1 Å². The minimum Gasteiger partial charge on any atom is -0.506 e. The van der Waals surface area contributed by atoms with E-state index in [1.165, 1.54) is 27.2 Å². The lowest BCUT2D eigenvalue weighted by Crippen LogP contribution is -2.30. The van der Waals surface area contributed by atoms with Gasteiger partial charge in [-0.3, -0.25) is 9.48 Å². The van der Waals surface area contributed by atoms with Gasteiger partial charge >= 0.3 is 0 Å². The molecule has 1 heterocycles. The largest absolute Gasteiger partial charge is 0.506 e. The summed E-state index contributed by atoms with van der Waals surface area (Å²) in [6, 6.07) is 3.89. The Morgan fingerprint density at radius 2 is 2.00 bits per heavy atom. The van der Waals surface area contributed by atoms with Crippen LogP contribution < -0.4 is 5.32 Å². The van der Waals surface area contributed by atoms with Crippen LogP contribution in [0.1, 0.15) is 48.7 Å². The van der Waals surface area contributed by atoms with Gasteiger partial charge < -0.3 is 10.4 Å². The molecule has 1 saturated carbocycles. The summed E-state index contributed by atoms with van der Waals surface area (Å²) in [7, 11) is -2.01. The third-order valence-electron chi connectivity index (χ3n) is 4.76. The first-order chi connectivity index (χ1) is 12.8. The van der Waals surface area contributed by atoms with E-state index in [0.29, 0.717) is 24.7 Å². The molecule has 0 atom stereocenters. The van der Waals surface area contributed by atoms with Crippen molar-refractivity contribution < 1.29 is 18.3 Å². The molecule has 1 aliphatic rings. The van der Waals surface area contributed by atoms with Gasteiger partial charge in [-0.05, 0) is 37.0 Å². The Hall–Kier alpha value is -2.39. The van der Waals surface area contributed by atoms with Crippen LogP contribution in [-0.2, 0) is 17.1 Å². The number of hydrogen-bond donors (Lipinski definition) is 2. The molecule has 1 amide bonds. The summed E-state index contributed by atoms with van der Waals surface area (Å²) in [6.07, 6.45) is 3.73. The van der Waals surface area contributed by atoms with Crippen molar-refractivity contribution in [2.45, 2.75) is 37.5 Å². The summed E-state index contributed by atoms with van der Waals surface area (Å²) in [4.78, 5) is 12.8. The Bertz CT molecular complexity index is 960. The number of aromatic hydroxyl groups is 1. The predicted molar refractivity (Wildman–Crippen MR) is 101 cm³/mol. The fraction of sp³-hybridized carbons (Fsp3) is 0.444. The summed E-state index contributed by atoms with van der Waals surface area (Å²) in [5.74, 6) is -0.288. The highest BCUT2D eigenvalue weighted by atomic mass is 32.2. The van der Waals surface area contributed by atoms with E-state index in [-0.39, 0.29) is 16.3 Å². The quantitative estimate of drug-likeness (QED) is 0.704. The fourth-order valence-corrected chi connectivity index (χ4v) is 4.58. The molecule has 0 aliphatic heterocycles. The number of benzene rings is 1. The van der Waals surface area contributed by atoms with Crippen LogP contribution in [0, 0.1) is 0 Å². The number of anilines is 1. The molecule has 8 nitrogen and oxygen atoms in total. The maximum atomic E-state index is 12.8. The van der Waals surface area contributed by atoms with Gasteiger partial charge in [0, 0.05) is 25.7 Å². The van der Waals surface area contributed by atoms with Crippen LogP contribution in [-0.4, -0.2) is 46.6 Å². The molecule has 0 unspecified atom stereocenters. The molecule has 146 valence electrons. The number of aryl methyl sites for hydroxylation is 1. The zero-order valence-electron chi connectivity index (χ0n) is 15.6. The van der Waals surface area contributed by atoms with Gasteiger partial charge in [-0.1, -0.05) is 13.8 Å². The molecule has 1 aromatic heterocycles. The number of sulfonamides is 1. The van der Waals surface area contributed by atoms with Crippen LogP contribution in [0.15, 0.2) is 29.3 Å². The van der Waals surface area contributed by atoms with Crippen molar-refractivity contribution in [1.29, 1.82) is 0 Å². The van der Waals surface area contributed by atoms with E-state index in [4.69, 9.17) is 0 Å². The van der Waals surface area contributed by atoms with E-state index in [1.54, 1.807) is 27.1 Å². The van der Waals surface area contributed by atoms with Gasteiger partial charge in [-0.15, -0.1) is 0 Å². The highest BCUT2D eigenvalue weighted by molar-refractivity contribution is 7.89. The second-order valence-electron chi connectivity index (χ2n) is 6.57. The van der Waals surface area contributed by atoms with E-state index in [9.17, 15) is 18.3 Å². The molecule has 9 heteroatoms. The highest BCUT2D eigenvalue weighted by Crippen LogP contribution is 2.41. The van der Waals surface area contributed by atoms with E-state index in [0.717, 1.165) is 18.4 Å². The number of amides is 1. The molecule has 0 bridgehead atoms. The summed E-state index contributed by atoms with van der Waals surface area (Å²) in [5.41, 5.74) is 1.35. The highest BCUT2D eigenvalue weighted by Gasteiger charge is 2.31. The molecule has 1 aliphatic carbocycles. The molecule has 2 N–H and O–H groups in total. The van der Waals surface area contributed by atoms with E-state index in [2.05, 4.69) is 10.4 Å². The minimum atomic E-state index is -3.70. The molecule has 0 spiro atoms. The molecule has 27 heavy (non-hydrogen) atoms. The lowest BCUT2D eigenvalue weighted by molar-refractivity contribution is 0.101. The Kier molecular flexibility index (Phi) is 5.25. The Balaban J connectivity index is 1.92. The number of hydrogen-bond acceptors (Lipinski definition) is 5. The number of phenolic OH excluding ortho intramolecular Hbond substituents is 1. The standard InChI is InChI=1S/C18H24N4O4S/c1-4-22(5-2)27(25,26)13-8-9-16(23)15(10-13)20-18(24)17-14(12-6-7-12)11-19-21(17)3/h8-12,23H,4-7H2,1-3H3,(H,20,24). The van der Waals surface area contributed by atoms with E-state index in [1.807, 2.05) is 0 Å². The lowest BCUT2D eigenvalue weighted by atomic mass is 10.1. The van der Waals surface area contributed by atoms with Crippen LogP contribution in [0.2, 0.25) is 0 Å². The zero-order valence-corrected chi connectivity index (χ0v) is 16.5. The van der Waals surface area contributed by atoms with Crippen LogP contribution in [0.5, 0.6) is 5.75 Å². The average molecular weight is 392 g/mol. The van der Waals surface area contributed by atoms with Gasteiger partial charge in [0.15, 0.2) is 0 Å². The molecule has 0 radical (unpaired) electrons. The van der Waals surface area contributed by atoms with Gasteiger partial charge in [0.2, 0.25) is 10.0 Å². The van der Waals surface area contributed by atoms with Crippen molar-refractivity contribution in [2.24, 2.45) is 7.05 Å².